The SMILES string of the molecule is CCC(C)[C@H](O)[C@H](N)c1c(O)cccc1OC. The van der Waals surface area contributed by atoms with E-state index in [9.17, 15) is 10.2 Å². The number of aliphatic hydroxyl groups is 1. The highest BCUT2D eigenvalue weighted by Crippen LogP contribution is 2.35. The zero-order valence-electron chi connectivity index (χ0n) is 10.6. The minimum absolute atomic E-state index is 0.0548. The maximum atomic E-state index is 10.1. The van der Waals surface area contributed by atoms with Gasteiger partial charge < -0.3 is 20.7 Å². The Labute approximate surface area is 102 Å². The molecule has 4 N–H and O–H groups in total. The molecule has 0 aliphatic heterocycles. The minimum atomic E-state index is -0.706. The number of aliphatic hydroxyl groups excluding tert-OH is 1. The van der Waals surface area contributed by atoms with Gasteiger partial charge in [0.05, 0.1) is 24.8 Å². The Hall–Kier alpha value is -1.26. The summed E-state index contributed by atoms with van der Waals surface area (Å²) in [5.74, 6) is 0.619. The number of hydrogen-bond acceptors (Lipinski definition) is 4. The van der Waals surface area contributed by atoms with Crippen molar-refractivity contribution < 1.29 is 14.9 Å². The molecule has 1 rings (SSSR count). The van der Waals surface area contributed by atoms with Gasteiger partial charge in [-0.25, -0.2) is 0 Å². The number of nitrogens with two attached hydrogens (primary N) is 1. The average molecular weight is 239 g/mol. The summed E-state index contributed by atoms with van der Waals surface area (Å²) in [6.45, 7) is 3.92. The van der Waals surface area contributed by atoms with Crippen LogP contribution in [-0.4, -0.2) is 23.4 Å². The molecule has 0 radical (unpaired) electrons. The maximum absolute atomic E-state index is 10.1. The third kappa shape index (κ3) is 2.90. The van der Waals surface area contributed by atoms with E-state index in [4.69, 9.17) is 10.5 Å². The molecule has 0 saturated heterocycles. The van der Waals surface area contributed by atoms with Crippen molar-refractivity contribution in [1.29, 1.82) is 0 Å². The second kappa shape index (κ2) is 5.89. The van der Waals surface area contributed by atoms with Crippen molar-refractivity contribution in [3.05, 3.63) is 23.8 Å². The van der Waals surface area contributed by atoms with Crippen LogP contribution in [0.3, 0.4) is 0 Å². The predicted molar refractivity (Wildman–Crippen MR) is 67.0 cm³/mol. The second-order valence-electron chi connectivity index (χ2n) is 4.29. The van der Waals surface area contributed by atoms with Gasteiger partial charge in [0, 0.05) is 0 Å². The van der Waals surface area contributed by atoms with E-state index in [1.54, 1.807) is 18.2 Å². The number of phenolic OH excluding ortho intramolecular Hbond substituents is 1. The standard InChI is InChI=1S/C13H21NO3/c1-4-8(2)13(16)12(14)11-9(15)6-5-7-10(11)17-3/h5-8,12-13,15-16H,4,14H2,1-3H3/t8?,12-,13+/m1/s1. The molecule has 17 heavy (non-hydrogen) atoms. The smallest absolute Gasteiger partial charge is 0.127 e. The van der Waals surface area contributed by atoms with Gasteiger partial charge in [-0.3, -0.25) is 0 Å². The molecule has 0 saturated carbocycles. The normalized spacial score (nSPS) is 16.3. The molecule has 0 spiro atoms. The summed E-state index contributed by atoms with van der Waals surface area (Å²) < 4.78 is 5.16. The first-order chi connectivity index (χ1) is 8.02. The van der Waals surface area contributed by atoms with Gasteiger partial charge in [0.25, 0.3) is 0 Å². The van der Waals surface area contributed by atoms with Crippen LogP contribution in [0.15, 0.2) is 18.2 Å². The van der Waals surface area contributed by atoms with Crippen molar-refractivity contribution >= 4 is 0 Å². The monoisotopic (exact) mass is 239 g/mol. The van der Waals surface area contributed by atoms with Crippen LogP contribution in [0.1, 0.15) is 31.9 Å². The third-order valence-corrected chi connectivity index (χ3v) is 3.19. The average Bonchev–Trinajstić information content (AvgIpc) is 2.35. The van der Waals surface area contributed by atoms with E-state index in [2.05, 4.69) is 0 Å². The van der Waals surface area contributed by atoms with Gasteiger partial charge in [0.1, 0.15) is 11.5 Å². The van der Waals surface area contributed by atoms with Gasteiger partial charge in [-0.2, -0.15) is 0 Å². The molecule has 4 heteroatoms. The summed E-state index contributed by atoms with van der Waals surface area (Å²) >= 11 is 0. The Kier molecular flexibility index (Phi) is 4.78. The molecule has 0 amide bonds. The fraction of sp³-hybridized carbons (Fsp3) is 0.538. The minimum Gasteiger partial charge on any atom is -0.507 e. The van der Waals surface area contributed by atoms with Gasteiger partial charge in [-0.05, 0) is 18.1 Å². The molecular weight excluding hydrogens is 218 g/mol. The van der Waals surface area contributed by atoms with E-state index >= 15 is 0 Å². The molecule has 3 atom stereocenters. The number of aromatic hydroxyl groups is 1. The molecule has 1 aromatic carbocycles. The van der Waals surface area contributed by atoms with E-state index in [0.29, 0.717) is 11.3 Å². The van der Waals surface area contributed by atoms with Crippen LogP contribution in [0.4, 0.5) is 0 Å². The first-order valence-electron chi connectivity index (χ1n) is 5.82. The number of rotatable bonds is 5. The maximum Gasteiger partial charge on any atom is 0.127 e. The molecule has 0 aliphatic carbocycles. The van der Waals surface area contributed by atoms with Gasteiger partial charge in [-0.1, -0.05) is 26.3 Å². The molecule has 0 aliphatic rings. The van der Waals surface area contributed by atoms with Gasteiger partial charge in [0.15, 0.2) is 0 Å². The molecule has 0 fully saturated rings. The van der Waals surface area contributed by atoms with Crippen LogP contribution in [-0.2, 0) is 0 Å². The summed E-state index contributed by atoms with van der Waals surface area (Å²) in [4.78, 5) is 0. The van der Waals surface area contributed by atoms with Crippen LogP contribution in [0.2, 0.25) is 0 Å². The molecule has 0 bridgehead atoms. The van der Waals surface area contributed by atoms with E-state index in [0.717, 1.165) is 6.42 Å². The molecule has 1 unspecified atom stereocenters. The Balaban J connectivity index is 3.06. The van der Waals surface area contributed by atoms with Crippen molar-refractivity contribution in [2.24, 2.45) is 11.7 Å². The van der Waals surface area contributed by atoms with Crippen LogP contribution < -0.4 is 10.5 Å². The number of methoxy groups -OCH3 is 1. The number of benzene rings is 1. The number of hydrogen-bond donors (Lipinski definition) is 3. The lowest BCUT2D eigenvalue weighted by atomic mass is 9.90. The molecule has 0 heterocycles. The molecule has 96 valence electrons. The zero-order chi connectivity index (χ0) is 13.0. The van der Waals surface area contributed by atoms with Crippen molar-refractivity contribution in [3.63, 3.8) is 0 Å². The Bertz CT molecular complexity index is 368. The molecule has 4 nitrogen and oxygen atoms in total. The van der Waals surface area contributed by atoms with Crippen molar-refractivity contribution in [1.82, 2.24) is 0 Å². The lowest BCUT2D eigenvalue weighted by molar-refractivity contribution is 0.0861. The van der Waals surface area contributed by atoms with E-state index in [-0.39, 0.29) is 11.7 Å². The first-order valence-corrected chi connectivity index (χ1v) is 5.82. The van der Waals surface area contributed by atoms with Crippen LogP contribution in [0.5, 0.6) is 11.5 Å². The first kappa shape index (κ1) is 13.8. The summed E-state index contributed by atoms with van der Waals surface area (Å²) in [5, 5.41) is 19.9. The fourth-order valence-corrected chi connectivity index (χ4v) is 1.81. The third-order valence-electron chi connectivity index (χ3n) is 3.19. The zero-order valence-corrected chi connectivity index (χ0v) is 10.6. The van der Waals surface area contributed by atoms with E-state index in [1.165, 1.54) is 7.11 Å². The summed E-state index contributed by atoms with van der Waals surface area (Å²) in [7, 11) is 1.51. The highest BCUT2D eigenvalue weighted by atomic mass is 16.5. The lowest BCUT2D eigenvalue weighted by Gasteiger charge is -2.26. The van der Waals surface area contributed by atoms with Gasteiger partial charge in [0.2, 0.25) is 0 Å². The predicted octanol–water partition coefficient (Wildman–Crippen LogP) is 1.81. The second-order valence-corrected chi connectivity index (χ2v) is 4.29. The van der Waals surface area contributed by atoms with Crippen molar-refractivity contribution in [2.75, 3.05) is 7.11 Å². The van der Waals surface area contributed by atoms with Gasteiger partial charge >= 0.3 is 0 Å². The topological polar surface area (TPSA) is 75.7 Å². The molecule has 1 aromatic rings. The highest BCUT2D eigenvalue weighted by molar-refractivity contribution is 5.46. The summed E-state index contributed by atoms with van der Waals surface area (Å²) in [6, 6.07) is 4.29. The van der Waals surface area contributed by atoms with Crippen molar-refractivity contribution in [2.45, 2.75) is 32.4 Å². The quantitative estimate of drug-likeness (QED) is 0.732. The summed E-state index contributed by atoms with van der Waals surface area (Å²) in [5.41, 5.74) is 6.46. The number of phenols is 1. The fourth-order valence-electron chi connectivity index (χ4n) is 1.81. The molecule has 0 aromatic heterocycles. The van der Waals surface area contributed by atoms with E-state index in [1.807, 2.05) is 13.8 Å². The van der Waals surface area contributed by atoms with E-state index < -0.39 is 12.1 Å². The molecular formula is C13H21NO3. The van der Waals surface area contributed by atoms with Crippen LogP contribution >= 0.6 is 0 Å². The van der Waals surface area contributed by atoms with Gasteiger partial charge in [-0.15, -0.1) is 0 Å². The Morgan fingerprint density at radius 1 is 1.41 bits per heavy atom. The number of ether oxygens (including phenoxy) is 1. The van der Waals surface area contributed by atoms with Crippen LogP contribution in [0.25, 0.3) is 0 Å². The van der Waals surface area contributed by atoms with Crippen molar-refractivity contribution in [3.8, 4) is 11.5 Å². The lowest BCUT2D eigenvalue weighted by Crippen LogP contribution is -2.31. The summed E-state index contributed by atoms with van der Waals surface area (Å²) in [6.07, 6.45) is 0.118. The largest absolute Gasteiger partial charge is 0.507 e. The highest BCUT2D eigenvalue weighted by Gasteiger charge is 2.26. The Morgan fingerprint density at radius 3 is 2.59 bits per heavy atom. The van der Waals surface area contributed by atoms with Crippen LogP contribution in [0, 0.1) is 5.92 Å². The Morgan fingerprint density at radius 2 is 2.06 bits per heavy atom.